The molecule has 0 fully saturated rings. The Morgan fingerprint density at radius 2 is 1.89 bits per heavy atom. The fourth-order valence-electron chi connectivity index (χ4n) is 2.44. The van der Waals surface area contributed by atoms with Crippen LogP contribution >= 0.6 is 24.0 Å². The summed E-state index contributed by atoms with van der Waals surface area (Å²) >= 11 is 0. The fourth-order valence-corrected chi connectivity index (χ4v) is 2.44. The SMILES string of the molecule is CN=C(NCc1ccc(C)cc1OC)NCC(C)Oc1ccccc1F.I. The van der Waals surface area contributed by atoms with Crippen molar-refractivity contribution < 1.29 is 13.9 Å². The molecule has 2 aromatic rings. The Bertz CT molecular complexity index is 756. The minimum absolute atomic E-state index is 0. The second-order valence-electron chi connectivity index (χ2n) is 5.98. The minimum atomic E-state index is -0.367. The fraction of sp³-hybridized carbons (Fsp3) is 0.350. The van der Waals surface area contributed by atoms with E-state index in [1.807, 2.05) is 32.0 Å². The van der Waals surface area contributed by atoms with E-state index in [0.29, 0.717) is 19.0 Å². The van der Waals surface area contributed by atoms with Gasteiger partial charge in [0.25, 0.3) is 0 Å². The van der Waals surface area contributed by atoms with Crippen LogP contribution in [0.3, 0.4) is 0 Å². The first-order valence-corrected chi connectivity index (χ1v) is 8.52. The molecule has 5 nitrogen and oxygen atoms in total. The van der Waals surface area contributed by atoms with E-state index < -0.39 is 0 Å². The number of nitrogens with zero attached hydrogens (tertiary/aromatic N) is 1. The van der Waals surface area contributed by atoms with Crippen molar-refractivity contribution in [2.24, 2.45) is 4.99 Å². The molecule has 2 rings (SSSR count). The number of benzene rings is 2. The number of halogens is 2. The lowest BCUT2D eigenvalue weighted by Gasteiger charge is -2.18. The highest BCUT2D eigenvalue weighted by Crippen LogP contribution is 2.19. The van der Waals surface area contributed by atoms with Crippen LogP contribution < -0.4 is 20.1 Å². The standard InChI is InChI=1S/C20H26FN3O2.HI/c1-14-9-10-16(19(11-14)25-4)13-24-20(22-3)23-12-15(2)26-18-8-6-5-7-17(18)21;/h5-11,15H,12-13H2,1-4H3,(H2,22,23,24);1H. The van der Waals surface area contributed by atoms with Gasteiger partial charge in [-0.15, -0.1) is 24.0 Å². The molecule has 2 aromatic carbocycles. The molecule has 0 aliphatic heterocycles. The predicted molar refractivity (Wildman–Crippen MR) is 118 cm³/mol. The summed E-state index contributed by atoms with van der Waals surface area (Å²) in [5, 5.41) is 6.42. The molecule has 0 saturated carbocycles. The zero-order chi connectivity index (χ0) is 18.9. The van der Waals surface area contributed by atoms with Gasteiger partial charge in [-0.2, -0.15) is 0 Å². The van der Waals surface area contributed by atoms with Crippen LogP contribution in [0.25, 0.3) is 0 Å². The molecule has 0 spiro atoms. The first kappa shape index (κ1) is 23.0. The van der Waals surface area contributed by atoms with Crippen LogP contribution in [0, 0.1) is 12.7 Å². The summed E-state index contributed by atoms with van der Waals surface area (Å²) in [6, 6.07) is 12.4. The molecule has 2 N–H and O–H groups in total. The third-order valence-corrected chi connectivity index (χ3v) is 3.83. The Morgan fingerprint density at radius 3 is 2.56 bits per heavy atom. The monoisotopic (exact) mass is 487 g/mol. The van der Waals surface area contributed by atoms with Gasteiger partial charge in [0.15, 0.2) is 17.5 Å². The Morgan fingerprint density at radius 1 is 1.15 bits per heavy atom. The largest absolute Gasteiger partial charge is 0.496 e. The van der Waals surface area contributed by atoms with Gasteiger partial charge >= 0.3 is 0 Å². The lowest BCUT2D eigenvalue weighted by atomic mass is 10.1. The van der Waals surface area contributed by atoms with Crippen LogP contribution in [0.1, 0.15) is 18.1 Å². The molecule has 0 aliphatic rings. The van der Waals surface area contributed by atoms with E-state index in [4.69, 9.17) is 9.47 Å². The van der Waals surface area contributed by atoms with Crippen LogP contribution in [-0.4, -0.2) is 32.8 Å². The number of rotatable bonds is 7. The summed E-state index contributed by atoms with van der Waals surface area (Å²) in [6.45, 7) is 4.96. The third kappa shape index (κ3) is 7.24. The number of aryl methyl sites for hydroxylation is 1. The second kappa shape index (κ2) is 11.6. The molecule has 0 bridgehead atoms. The lowest BCUT2D eigenvalue weighted by Crippen LogP contribution is -2.41. The van der Waals surface area contributed by atoms with E-state index in [1.165, 1.54) is 6.07 Å². The number of methoxy groups -OCH3 is 1. The summed E-state index contributed by atoms with van der Waals surface area (Å²) in [7, 11) is 3.36. The van der Waals surface area contributed by atoms with E-state index in [-0.39, 0.29) is 41.6 Å². The van der Waals surface area contributed by atoms with Gasteiger partial charge in [0.2, 0.25) is 0 Å². The molecule has 7 heteroatoms. The number of guanidine groups is 1. The topological polar surface area (TPSA) is 54.9 Å². The third-order valence-electron chi connectivity index (χ3n) is 3.83. The maximum Gasteiger partial charge on any atom is 0.191 e. The first-order chi connectivity index (χ1) is 12.5. The van der Waals surface area contributed by atoms with Gasteiger partial charge in [0.05, 0.1) is 13.7 Å². The molecule has 1 unspecified atom stereocenters. The van der Waals surface area contributed by atoms with Crippen LogP contribution in [0.2, 0.25) is 0 Å². The van der Waals surface area contributed by atoms with E-state index in [2.05, 4.69) is 15.6 Å². The number of hydrogen-bond acceptors (Lipinski definition) is 3. The van der Waals surface area contributed by atoms with Gasteiger partial charge in [0, 0.05) is 19.2 Å². The summed E-state index contributed by atoms with van der Waals surface area (Å²) in [5.74, 6) is 1.35. The molecule has 148 valence electrons. The van der Waals surface area contributed by atoms with Crippen molar-refractivity contribution in [3.05, 3.63) is 59.4 Å². The maximum absolute atomic E-state index is 13.6. The maximum atomic E-state index is 13.6. The van der Waals surface area contributed by atoms with Crippen molar-refractivity contribution in [3.8, 4) is 11.5 Å². The highest BCUT2D eigenvalue weighted by molar-refractivity contribution is 14.0. The average Bonchev–Trinajstić information content (AvgIpc) is 2.64. The Hall–Kier alpha value is -2.03. The summed E-state index contributed by atoms with van der Waals surface area (Å²) in [4.78, 5) is 4.20. The van der Waals surface area contributed by atoms with Gasteiger partial charge in [-0.05, 0) is 37.6 Å². The predicted octanol–water partition coefficient (Wildman–Crippen LogP) is 3.89. The van der Waals surface area contributed by atoms with Gasteiger partial charge in [0.1, 0.15) is 11.9 Å². The molecule has 1 atom stereocenters. The summed E-state index contributed by atoms with van der Waals surface area (Å²) in [5.41, 5.74) is 2.18. The Kier molecular flexibility index (Phi) is 9.92. The number of nitrogens with one attached hydrogen (secondary N) is 2. The van der Waals surface area contributed by atoms with Gasteiger partial charge in [-0.3, -0.25) is 4.99 Å². The molecular weight excluding hydrogens is 460 g/mol. The van der Waals surface area contributed by atoms with Crippen LogP contribution in [0.4, 0.5) is 4.39 Å². The quantitative estimate of drug-likeness (QED) is 0.354. The Balaban J connectivity index is 0.00000364. The molecule has 0 aromatic heterocycles. The molecule has 27 heavy (non-hydrogen) atoms. The zero-order valence-electron chi connectivity index (χ0n) is 16.1. The van der Waals surface area contributed by atoms with Crippen LogP contribution in [-0.2, 0) is 6.54 Å². The van der Waals surface area contributed by atoms with Crippen molar-refractivity contribution in [3.63, 3.8) is 0 Å². The lowest BCUT2D eigenvalue weighted by molar-refractivity contribution is 0.214. The van der Waals surface area contributed by atoms with E-state index >= 15 is 0 Å². The summed E-state index contributed by atoms with van der Waals surface area (Å²) in [6.07, 6.45) is -0.223. The van der Waals surface area contributed by atoms with E-state index in [1.54, 1.807) is 32.4 Å². The minimum Gasteiger partial charge on any atom is -0.496 e. The number of hydrogen-bond donors (Lipinski definition) is 2. The summed E-state index contributed by atoms with van der Waals surface area (Å²) < 4.78 is 24.7. The van der Waals surface area contributed by atoms with Crippen molar-refractivity contribution in [2.75, 3.05) is 20.7 Å². The number of aliphatic imine (C=N–C) groups is 1. The van der Waals surface area contributed by atoms with Crippen molar-refractivity contribution in [2.45, 2.75) is 26.5 Å². The van der Waals surface area contributed by atoms with Crippen LogP contribution in [0.15, 0.2) is 47.5 Å². The zero-order valence-corrected chi connectivity index (χ0v) is 18.4. The molecule has 0 heterocycles. The first-order valence-electron chi connectivity index (χ1n) is 8.52. The van der Waals surface area contributed by atoms with Gasteiger partial charge in [-0.1, -0.05) is 24.3 Å². The molecule has 0 radical (unpaired) electrons. The highest BCUT2D eigenvalue weighted by Gasteiger charge is 2.09. The number of para-hydroxylation sites is 1. The average molecular weight is 487 g/mol. The van der Waals surface area contributed by atoms with Crippen LogP contribution in [0.5, 0.6) is 11.5 Å². The highest BCUT2D eigenvalue weighted by atomic mass is 127. The van der Waals surface area contributed by atoms with Crippen molar-refractivity contribution in [1.82, 2.24) is 10.6 Å². The Labute approximate surface area is 177 Å². The van der Waals surface area contributed by atoms with Crippen molar-refractivity contribution in [1.29, 1.82) is 0 Å². The van der Waals surface area contributed by atoms with Gasteiger partial charge in [-0.25, -0.2) is 4.39 Å². The van der Waals surface area contributed by atoms with Crippen molar-refractivity contribution >= 4 is 29.9 Å². The van der Waals surface area contributed by atoms with E-state index in [9.17, 15) is 4.39 Å². The second-order valence-corrected chi connectivity index (χ2v) is 5.98. The molecule has 0 amide bonds. The molecule has 0 aliphatic carbocycles. The normalized spacial score (nSPS) is 12.0. The van der Waals surface area contributed by atoms with Gasteiger partial charge < -0.3 is 20.1 Å². The smallest absolute Gasteiger partial charge is 0.191 e. The van der Waals surface area contributed by atoms with E-state index in [0.717, 1.165) is 16.9 Å². The number of ether oxygens (including phenoxy) is 2. The molecule has 0 saturated heterocycles. The molecular formula is C20H27FIN3O2.